The molecule has 2 heterocycles. The Morgan fingerprint density at radius 3 is 2.52 bits per heavy atom. The largest absolute Gasteiger partial charge is 0.356 e. The first kappa shape index (κ1) is 14.1. The van der Waals surface area contributed by atoms with Gasteiger partial charge in [-0.15, -0.1) is 0 Å². The fourth-order valence-corrected chi connectivity index (χ4v) is 3.06. The van der Waals surface area contributed by atoms with Crippen LogP contribution in [0.5, 0.6) is 0 Å². The van der Waals surface area contributed by atoms with Crippen LogP contribution in [0.2, 0.25) is 0 Å². The van der Waals surface area contributed by atoms with Crippen molar-refractivity contribution in [1.82, 2.24) is 4.90 Å². The van der Waals surface area contributed by atoms with E-state index in [0.29, 0.717) is 0 Å². The highest BCUT2D eigenvalue weighted by Gasteiger charge is 2.29. The zero-order chi connectivity index (χ0) is 14.8. The Morgan fingerprint density at radius 1 is 1.14 bits per heavy atom. The number of aliphatic imine (C=N–C) groups is 1. The van der Waals surface area contributed by atoms with E-state index in [1.165, 1.54) is 25.7 Å². The lowest BCUT2D eigenvalue weighted by atomic mass is 10.1. The van der Waals surface area contributed by atoms with Crippen molar-refractivity contribution in [3.05, 3.63) is 29.8 Å². The highest BCUT2D eigenvalue weighted by molar-refractivity contribution is 6.11. The monoisotopic (exact) mass is 286 g/mol. The molecule has 2 N–H and O–H groups in total. The molecule has 21 heavy (non-hydrogen) atoms. The smallest absolute Gasteiger partial charge is 0.266 e. The van der Waals surface area contributed by atoms with Gasteiger partial charge in [0.15, 0.2) is 6.17 Å². The number of carbonyl (C=O) groups excluding carboxylic acids is 1. The molecule has 1 atom stereocenters. The van der Waals surface area contributed by atoms with Gasteiger partial charge in [0, 0.05) is 25.7 Å². The molecule has 0 saturated carbocycles. The minimum Gasteiger partial charge on any atom is -0.356 e. The normalized spacial score (nSPS) is 23.2. The minimum atomic E-state index is -0.819. The second-order valence-electron chi connectivity index (χ2n) is 5.71. The molecule has 0 radical (unpaired) electrons. The highest BCUT2D eigenvalue weighted by Crippen LogP contribution is 2.26. The quantitative estimate of drug-likeness (QED) is 0.787. The van der Waals surface area contributed by atoms with Crippen molar-refractivity contribution in [3.63, 3.8) is 0 Å². The van der Waals surface area contributed by atoms with Crippen LogP contribution in [0.25, 0.3) is 0 Å². The summed E-state index contributed by atoms with van der Waals surface area (Å²) in [5.74, 6) is 0.713. The molecule has 0 unspecified atom stereocenters. The SMILES string of the molecule is CN1C(=O)[C@H](N)N=C(N2CCCCCC2)c2ccccc21. The molecule has 0 spiro atoms. The van der Waals surface area contributed by atoms with Crippen molar-refractivity contribution in [2.45, 2.75) is 31.8 Å². The number of likely N-dealkylation sites (tertiary alicyclic amines) is 1. The van der Waals surface area contributed by atoms with Gasteiger partial charge in [-0.2, -0.15) is 0 Å². The number of hydrogen-bond acceptors (Lipinski definition) is 4. The number of benzene rings is 1. The molecule has 5 heteroatoms. The molecule has 2 aliphatic rings. The topological polar surface area (TPSA) is 61.9 Å². The molecule has 1 saturated heterocycles. The molecule has 1 amide bonds. The van der Waals surface area contributed by atoms with Gasteiger partial charge in [-0.05, 0) is 25.0 Å². The summed E-state index contributed by atoms with van der Waals surface area (Å²) in [5.41, 5.74) is 7.87. The summed E-state index contributed by atoms with van der Waals surface area (Å²) in [6.45, 7) is 1.97. The lowest BCUT2D eigenvalue weighted by molar-refractivity contribution is -0.119. The Balaban J connectivity index is 2.06. The van der Waals surface area contributed by atoms with Crippen molar-refractivity contribution < 1.29 is 4.79 Å². The first-order valence-electron chi connectivity index (χ1n) is 7.64. The predicted octanol–water partition coefficient (Wildman–Crippen LogP) is 1.57. The first-order valence-corrected chi connectivity index (χ1v) is 7.64. The molecule has 3 rings (SSSR count). The van der Waals surface area contributed by atoms with Crippen molar-refractivity contribution in [2.75, 3.05) is 25.0 Å². The zero-order valence-corrected chi connectivity index (χ0v) is 12.5. The predicted molar refractivity (Wildman–Crippen MR) is 84.4 cm³/mol. The van der Waals surface area contributed by atoms with Crippen LogP contribution in [0.4, 0.5) is 5.69 Å². The van der Waals surface area contributed by atoms with E-state index in [0.717, 1.165) is 30.2 Å². The Hall–Kier alpha value is -1.88. The molecule has 112 valence electrons. The average Bonchev–Trinajstić information content (AvgIpc) is 2.83. The number of amidine groups is 1. The summed E-state index contributed by atoms with van der Waals surface area (Å²) in [6.07, 6.45) is 4.04. The number of nitrogens with zero attached hydrogens (tertiary/aromatic N) is 3. The number of fused-ring (bicyclic) bond motifs is 1. The Morgan fingerprint density at radius 2 is 1.81 bits per heavy atom. The lowest BCUT2D eigenvalue weighted by Crippen LogP contribution is -2.40. The van der Waals surface area contributed by atoms with Crippen LogP contribution in [0, 0.1) is 0 Å². The second kappa shape index (κ2) is 5.85. The maximum absolute atomic E-state index is 12.3. The van der Waals surface area contributed by atoms with Crippen LogP contribution in [-0.4, -0.2) is 42.9 Å². The highest BCUT2D eigenvalue weighted by atomic mass is 16.2. The Kier molecular flexibility index (Phi) is 3.92. The standard InChI is InChI=1S/C16H22N4O/c1-19-13-9-5-4-8-12(13)15(18-14(17)16(19)21)20-10-6-2-3-7-11-20/h4-5,8-9,14H,2-3,6-7,10-11,17H2,1H3/t14-/m1/s1. The Labute approximate surface area is 125 Å². The van der Waals surface area contributed by atoms with E-state index in [2.05, 4.69) is 9.89 Å². The van der Waals surface area contributed by atoms with E-state index in [4.69, 9.17) is 5.73 Å². The number of anilines is 1. The van der Waals surface area contributed by atoms with Crippen LogP contribution in [-0.2, 0) is 4.79 Å². The number of nitrogens with two attached hydrogens (primary N) is 1. The van der Waals surface area contributed by atoms with Gasteiger partial charge in [0.25, 0.3) is 5.91 Å². The van der Waals surface area contributed by atoms with E-state index in [9.17, 15) is 4.79 Å². The lowest BCUT2D eigenvalue weighted by Gasteiger charge is -2.25. The zero-order valence-electron chi connectivity index (χ0n) is 12.5. The van der Waals surface area contributed by atoms with E-state index in [1.54, 1.807) is 11.9 Å². The summed E-state index contributed by atoms with van der Waals surface area (Å²) in [7, 11) is 1.77. The third kappa shape index (κ3) is 2.65. The number of likely N-dealkylation sites (N-methyl/N-ethyl adjacent to an activating group) is 1. The van der Waals surface area contributed by atoms with E-state index >= 15 is 0 Å². The van der Waals surface area contributed by atoms with Crippen molar-refractivity contribution in [3.8, 4) is 0 Å². The van der Waals surface area contributed by atoms with Gasteiger partial charge in [0.1, 0.15) is 5.84 Å². The number of hydrogen-bond donors (Lipinski definition) is 1. The molecule has 1 fully saturated rings. The third-order valence-corrected chi connectivity index (χ3v) is 4.26. The average molecular weight is 286 g/mol. The van der Waals surface area contributed by atoms with Crippen LogP contribution >= 0.6 is 0 Å². The number of benzodiazepines with no additional fused rings is 1. The number of carbonyl (C=O) groups is 1. The van der Waals surface area contributed by atoms with Gasteiger partial charge < -0.3 is 15.5 Å². The molecular formula is C16H22N4O. The van der Waals surface area contributed by atoms with Crippen LogP contribution in [0.1, 0.15) is 31.2 Å². The summed E-state index contributed by atoms with van der Waals surface area (Å²) in [5, 5.41) is 0. The minimum absolute atomic E-state index is 0.160. The summed E-state index contributed by atoms with van der Waals surface area (Å²) in [6, 6.07) is 7.92. The fraction of sp³-hybridized carbons (Fsp3) is 0.500. The van der Waals surface area contributed by atoms with Gasteiger partial charge in [0.05, 0.1) is 5.69 Å². The summed E-state index contributed by atoms with van der Waals surface area (Å²) >= 11 is 0. The maximum atomic E-state index is 12.3. The van der Waals surface area contributed by atoms with Gasteiger partial charge in [-0.25, -0.2) is 4.99 Å². The molecule has 0 aromatic heterocycles. The molecule has 1 aromatic rings. The third-order valence-electron chi connectivity index (χ3n) is 4.26. The molecular weight excluding hydrogens is 264 g/mol. The van der Waals surface area contributed by atoms with Crippen molar-refractivity contribution in [2.24, 2.45) is 10.7 Å². The number of para-hydroxylation sites is 1. The molecule has 5 nitrogen and oxygen atoms in total. The molecule has 0 aliphatic carbocycles. The summed E-state index contributed by atoms with van der Waals surface area (Å²) < 4.78 is 0. The van der Waals surface area contributed by atoms with Crippen molar-refractivity contribution >= 4 is 17.4 Å². The summed E-state index contributed by atoms with van der Waals surface area (Å²) in [4.78, 5) is 20.7. The van der Waals surface area contributed by atoms with Gasteiger partial charge in [0.2, 0.25) is 0 Å². The van der Waals surface area contributed by atoms with Gasteiger partial charge in [-0.1, -0.05) is 25.0 Å². The molecule has 1 aromatic carbocycles. The van der Waals surface area contributed by atoms with E-state index in [-0.39, 0.29) is 5.91 Å². The van der Waals surface area contributed by atoms with Crippen molar-refractivity contribution in [1.29, 1.82) is 0 Å². The first-order chi connectivity index (χ1) is 10.2. The van der Waals surface area contributed by atoms with Gasteiger partial charge in [-0.3, -0.25) is 4.79 Å². The second-order valence-corrected chi connectivity index (χ2v) is 5.71. The van der Waals surface area contributed by atoms with Crippen LogP contribution in [0.3, 0.4) is 0 Å². The molecule has 0 bridgehead atoms. The van der Waals surface area contributed by atoms with Gasteiger partial charge >= 0.3 is 0 Å². The van der Waals surface area contributed by atoms with E-state index < -0.39 is 6.17 Å². The van der Waals surface area contributed by atoms with Crippen LogP contribution in [0.15, 0.2) is 29.3 Å². The fourth-order valence-electron chi connectivity index (χ4n) is 3.06. The van der Waals surface area contributed by atoms with Crippen LogP contribution < -0.4 is 10.6 Å². The molecule has 2 aliphatic heterocycles. The van der Waals surface area contributed by atoms with E-state index in [1.807, 2.05) is 24.3 Å². The number of amides is 1. The number of rotatable bonds is 0. The maximum Gasteiger partial charge on any atom is 0.266 e. The Bertz CT molecular complexity index is 561.